The van der Waals surface area contributed by atoms with Crippen molar-refractivity contribution in [3.63, 3.8) is 0 Å². The molecule has 0 amide bonds. The first-order chi connectivity index (χ1) is 5.98. The maximum atomic E-state index is 11.0. The molecule has 0 radical (unpaired) electrons. The molecule has 0 unspecified atom stereocenters. The lowest BCUT2D eigenvalue weighted by atomic mass is 10.3. The van der Waals surface area contributed by atoms with Gasteiger partial charge in [0, 0.05) is 19.5 Å². The van der Waals surface area contributed by atoms with Crippen LogP contribution in [0, 0.1) is 5.41 Å². The molecule has 78 valence electrons. The third kappa shape index (κ3) is 7.69. The fourth-order valence-corrected chi connectivity index (χ4v) is 1.62. The molecular weight excluding hydrogens is 192 g/mol. The first-order valence-electron chi connectivity index (χ1n) is 4.05. The SMILES string of the molecule is CCNS(=O)(=O)NCCCC(=N)N. The number of hydrogen-bond acceptors (Lipinski definition) is 3. The van der Waals surface area contributed by atoms with Gasteiger partial charge < -0.3 is 5.73 Å². The zero-order chi connectivity index (χ0) is 10.3. The molecule has 0 heterocycles. The van der Waals surface area contributed by atoms with E-state index in [1.807, 2.05) is 0 Å². The molecule has 0 bridgehead atoms. The van der Waals surface area contributed by atoms with Crippen molar-refractivity contribution in [2.24, 2.45) is 5.73 Å². The van der Waals surface area contributed by atoms with E-state index in [0.717, 1.165) is 0 Å². The molecular formula is C6H16N4O2S. The van der Waals surface area contributed by atoms with Crippen LogP contribution in [0.2, 0.25) is 0 Å². The topological polar surface area (TPSA) is 108 Å². The first kappa shape index (κ1) is 12.3. The highest BCUT2D eigenvalue weighted by atomic mass is 32.2. The van der Waals surface area contributed by atoms with Crippen molar-refractivity contribution in [2.75, 3.05) is 13.1 Å². The summed E-state index contributed by atoms with van der Waals surface area (Å²) in [6.07, 6.45) is 0.953. The molecule has 13 heavy (non-hydrogen) atoms. The molecule has 0 fully saturated rings. The molecule has 0 aliphatic heterocycles. The Hall–Kier alpha value is -0.660. The molecule has 0 aromatic carbocycles. The normalized spacial score (nSPS) is 11.5. The van der Waals surface area contributed by atoms with E-state index in [9.17, 15) is 8.42 Å². The minimum Gasteiger partial charge on any atom is -0.388 e. The van der Waals surface area contributed by atoms with Crippen LogP contribution in [0.1, 0.15) is 19.8 Å². The molecule has 0 atom stereocenters. The Balaban J connectivity index is 3.58. The molecule has 0 saturated heterocycles. The van der Waals surface area contributed by atoms with Gasteiger partial charge in [-0.1, -0.05) is 6.92 Å². The highest BCUT2D eigenvalue weighted by Crippen LogP contribution is 1.86. The minimum absolute atomic E-state index is 0.0719. The Labute approximate surface area is 78.6 Å². The van der Waals surface area contributed by atoms with Crippen LogP contribution in [-0.4, -0.2) is 27.3 Å². The van der Waals surface area contributed by atoms with Crippen LogP contribution in [0.5, 0.6) is 0 Å². The molecule has 0 saturated carbocycles. The molecule has 0 aromatic heterocycles. The largest absolute Gasteiger partial charge is 0.388 e. The minimum atomic E-state index is -3.34. The Bertz CT molecular complexity index is 249. The fraction of sp³-hybridized carbons (Fsp3) is 0.833. The van der Waals surface area contributed by atoms with E-state index in [1.165, 1.54) is 0 Å². The van der Waals surface area contributed by atoms with Crippen molar-refractivity contribution in [1.29, 1.82) is 5.41 Å². The number of nitrogens with two attached hydrogens (primary N) is 1. The van der Waals surface area contributed by atoms with Crippen LogP contribution in [0.4, 0.5) is 0 Å². The second kappa shape index (κ2) is 5.90. The first-order valence-corrected chi connectivity index (χ1v) is 5.53. The molecule has 0 aliphatic rings. The van der Waals surface area contributed by atoms with Crippen LogP contribution >= 0.6 is 0 Å². The van der Waals surface area contributed by atoms with Gasteiger partial charge in [-0.05, 0) is 6.42 Å². The van der Waals surface area contributed by atoms with Crippen molar-refractivity contribution in [3.05, 3.63) is 0 Å². The van der Waals surface area contributed by atoms with Crippen LogP contribution < -0.4 is 15.2 Å². The zero-order valence-corrected chi connectivity index (χ0v) is 8.45. The maximum absolute atomic E-state index is 11.0. The summed E-state index contributed by atoms with van der Waals surface area (Å²) in [4.78, 5) is 0. The van der Waals surface area contributed by atoms with Gasteiger partial charge in [-0.15, -0.1) is 0 Å². The predicted octanol–water partition coefficient (Wildman–Crippen LogP) is -0.854. The highest BCUT2D eigenvalue weighted by Gasteiger charge is 2.05. The standard InChI is InChI=1S/C6H16N4O2S/c1-2-9-13(11,12)10-5-3-4-6(7)8/h9-10H,2-5H2,1H3,(H3,7,8). The van der Waals surface area contributed by atoms with E-state index in [4.69, 9.17) is 11.1 Å². The van der Waals surface area contributed by atoms with Crippen molar-refractivity contribution in [1.82, 2.24) is 9.44 Å². The summed E-state index contributed by atoms with van der Waals surface area (Å²) in [7, 11) is -3.34. The third-order valence-corrected chi connectivity index (χ3v) is 2.50. The van der Waals surface area contributed by atoms with Crippen LogP contribution in [0.3, 0.4) is 0 Å². The van der Waals surface area contributed by atoms with Crippen molar-refractivity contribution in [2.45, 2.75) is 19.8 Å². The maximum Gasteiger partial charge on any atom is 0.276 e. The summed E-state index contributed by atoms with van der Waals surface area (Å²) in [5.74, 6) is 0.0719. The number of hydrogen-bond donors (Lipinski definition) is 4. The molecule has 7 heteroatoms. The second-order valence-corrected chi connectivity index (χ2v) is 4.11. The second-order valence-electron chi connectivity index (χ2n) is 2.52. The highest BCUT2D eigenvalue weighted by molar-refractivity contribution is 7.87. The average Bonchev–Trinajstić information content (AvgIpc) is 1.98. The smallest absolute Gasteiger partial charge is 0.276 e. The van der Waals surface area contributed by atoms with Gasteiger partial charge in [0.2, 0.25) is 0 Å². The van der Waals surface area contributed by atoms with Gasteiger partial charge in [-0.3, -0.25) is 5.41 Å². The Kier molecular flexibility index (Phi) is 5.60. The molecule has 0 rings (SSSR count). The summed E-state index contributed by atoms with van der Waals surface area (Å²) >= 11 is 0. The fourth-order valence-electron chi connectivity index (χ4n) is 0.726. The zero-order valence-electron chi connectivity index (χ0n) is 7.63. The Morgan fingerprint density at radius 3 is 2.54 bits per heavy atom. The summed E-state index contributed by atoms with van der Waals surface area (Å²) in [5, 5.41) is 6.89. The van der Waals surface area contributed by atoms with E-state index in [0.29, 0.717) is 25.9 Å². The molecule has 0 spiro atoms. The van der Waals surface area contributed by atoms with Gasteiger partial charge in [-0.25, -0.2) is 9.44 Å². The van der Waals surface area contributed by atoms with E-state index < -0.39 is 10.2 Å². The van der Waals surface area contributed by atoms with Crippen molar-refractivity contribution >= 4 is 16.0 Å². The van der Waals surface area contributed by atoms with E-state index in [2.05, 4.69) is 9.44 Å². The van der Waals surface area contributed by atoms with Gasteiger partial charge in [0.25, 0.3) is 10.2 Å². The molecule has 6 nitrogen and oxygen atoms in total. The van der Waals surface area contributed by atoms with Gasteiger partial charge in [0.1, 0.15) is 0 Å². The number of rotatable bonds is 7. The Morgan fingerprint density at radius 1 is 1.46 bits per heavy atom. The van der Waals surface area contributed by atoms with Crippen molar-refractivity contribution in [3.8, 4) is 0 Å². The molecule has 0 aliphatic carbocycles. The van der Waals surface area contributed by atoms with Gasteiger partial charge in [0.15, 0.2) is 0 Å². The van der Waals surface area contributed by atoms with Crippen molar-refractivity contribution < 1.29 is 8.42 Å². The number of nitrogens with one attached hydrogen (secondary N) is 3. The summed E-state index contributed by atoms with van der Waals surface area (Å²) < 4.78 is 26.5. The monoisotopic (exact) mass is 208 g/mol. The lowest BCUT2D eigenvalue weighted by molar-refractivity contribution is 0.567. The predicted molar refractivity (Wildman–Crippen MR) is 51.7 cm³/mol. The molecule has 0 aromatic rings. The van der Waals surface area contributed by atoms with Gasteiger partial charge in [-0.2, -0.15) is 8.42 Å². The summed E-state index contributed by atoms with van der Waals surface area (Å²) in [5.41, 5.74) is 5.09. The van der Waals surface area contributed by atoms with E-state index >= 15 is 0 Å². The van der Waals surface area contributed by atoms with Gasteiger partial charge >= 0.3 is 0 Å². The van der Waals surface area contributed by atoms with Crippen LogP contribution in [0.25, 0.3) is 0 Å². The lowest BCUT2D eigenvalue weighted by Gasteiger charge is -2.05. The summed E-state index contributed by atoms with van der Waals surface area (Å²) in [6, 6.07) is 0. The molecule has 5 N–H and O–H groups in total. The van der Waals surface area contributed by atoms with Gasteiger partial charge in [0.05, 0.1) is 5.84 Å². The summed E-state index contributed by atoms with van der Waals surface area (Å²) in [6.45, 7) is 2.37. The Morgan fingerprint density at radius 2 is 2.08 bits per heavy atom. The number of amidine groups is 1. The van der Waals surface area contributed by atoms with E-state index in [-0.39, 0.29) is 5.84 Å². The third-order valence-electron chi connectivity index (χ3n) is 1.25. The van der Waals surface area contributed by atoms with E-state index in [1.54, 1.807) is 6.92 Å². The van der Waals surface area contributed by atoms with Crippen LogP contribution in [0.15, 0.2) is 0 Å². The lowest BCUT2D eigenvalue weighted by Crippen LogP contribution is -2.37. The quantitative estimate of drug-likeness (QED) is 0.248. The average molecular weight is 208 g/mol. The van der Waals surface area contributed by atoms with Crippen LogP contribution in [-0.2, 0) is 10.2 Å².